The fourth-order valence-corrected chi connectivity index (χ4v) is 3.58. The Balaban J connectivity index is 2.20. The van der Waals surface area contributed by atoms with Gasteiger partial charge in [-0.05, 0) is 37.5 Å². The average Bonchev–Trinajstić information content (AvgIpc) is 2.53. The largest absolute Gasteiger partial charge is 0.466 e. The van der Waals surface area contributed by atoms with Crippen molar-refractivity contribution in [2.75, 3.05) is 7.11 Å². The lowest BCUT2D eigenvalue weighted by Crippen LogP contribution is -2.34. The molecule has 5 heteroatoms. The van der Waals surface area contributed by atoms with E-state index < -0.39 is 11.9 Å². The summed E-state index contributed by atoms with van der Waals surface area (Å²) in [5.74, 6) is -0.771. The van der Waals surface area contributed by atoms with E-state index in [1.165, 1.54) is 7.11 Å². The first-order valence-corrected chi connectivity index (χ1v) is 7.98. The zero-order valence-electron chi connectivity index (χ0n) is 13.1. The quantitative estimate of drug-likeness (QED) is 0.843. The summed E-state index contributed by atoms with van der Waals surface area (Å²) in [6, 6.07) is 7.31. The Labute approximate surface area is 140 Å². The van der Waals surface area contributed by atoms with Gasteiger partial charge in [0, 0.05) is 34.3 Å². The van der Waals surface area contributed by atoms with Gasteiger partial charge in [0.05, 0.1) is 12.7 Å². The van der Waals surface area contributed by atoms with E-state index in [0.29, 0.717) is 22.6 Å². The van der Waals surface area contributed by atoms with Gasteiger partial charge in [-0.3, -0.25) is 4.79 Å². The summed E-state index contributed by atoms with van der Waals surface area (Å²) in [7, 11) is 1.35. The molecule has 120 valence electrons. The number of methoxy groups -OCH3 is 1. The van der Waals surface area contributed by atoms with E-state index in [4.69, 9.17) is 16.3 Å². The van der Waals surface area contributed by atoms with Crippen LogP contribution in [-0.2, 0) is 14.3 Å². The number of hydrogen-bond acceptors (Lipinski definition) is 4. The number of ether oxygens (including phenoxy) is 1. The molecule has 0 bridgehead atoms. The van der Waals surface area contributed by atoms with Gasteiger partial charge >= 0.3 is 5.97 Å². The van der Waals surface area contributed by atoms with Crippen molar-refractivity contribution >= 4 is 23.4 Å². The van der Waals surface area contributed by atoms with E-state index in [-0.39, 0.29) is 5.78 Å². The molecule has 1 aliphatic heterocycles. The van der Waals surface area contributed by atoms with E-state index in [9.17, 15) is 9.59 Å². The molecule has 23 heavy (non-hydrogen) atoms. The first-order valence-electron chi connectivity index (χ1n) is 7.60. The number of hydrogen-bond donors (Lipinski definition) is 1. The molecule has 0 aromatic heterocycles. The maximum absolute atomic E-state index is 12.6. The minimum absolute atomic E-state index is 0.0811. The van der Waals surface area contributed by atoms with Crippen molar-refractivity contribution < 1.29 is 14.3 Å². The number of esters is 1. The topological polar surface area (TPSA) is 55.4 Å². The number of nitrogens with one attached hydrogen (secondary N) is 1. The first kappa shape index (κ1) is 15.8. The van der Waals surface area contributed by atoms with Crippen molar-refractivity contribution in [3.63, 3.8) is 0 Å². The maximum Gasteiger partial charge on any atom is 0.336 e. The summed E-state index contributed by atoms with van der Waals surface area (Å²) in [6.07, 6.45) is 2.14. The monoisotopic (exact) mass is 331 g/mol. The Hall–Kier alpha value is -2.07. The average molecular weight is 332 g/mol. The number of carbonyl (C=O) groups excluding carboxylic acids is 2. The van der Waals surface area contributed by atoms with Gasteiger partial charge in [-0.15, -0.1) is 0 Å². The van der Waals surface area contributed by atoms with Crippen molar-refractivity contribution in [1.82, 2.24) is 5.32 Å². The molecule has 1 N–H and O–H groups in total. The zero-order chi connectivity index (χ0) is 16.6. The molecule has 3 rings (SSSR count). The van der Waals surface area contributed by atoms with Gasteiger partial charge in [0.25, 0.3) is 0 Å². The van der Waals surface area contributed by atoms with Crippen molar-refractivity contribution in [2.45, 2.75) is 32.1 Å². The highest BCUT2D eigenvalue weighted by Gasteiger charge is 2.38. The Morgan fingerprint density at radius 3 is 2.83 bits per heavy atom. The molecule has 4 nitrogen and oxygen atoms in total. The second kappa shape index (κ2) is 6.20. The standard InChI is InChI=1S/C18H18ClNO3/c1-10-15(18(22)23-2)16(11-5-3-6-12(19)9-11)17-13(20-10)7-4-8-14(17)21/h3,5-6,9,16,20H,4,7-8H2,1-2H3/t16-/m0/s1. The molecule has 1 atom stereocenters. The number of Topliss-reactive ketones (excluding diaryl/α,β-unsaturated/α-hetero) is 1. The summed E-state index contributed by atoms with van der Waals surface area (Å²) in [6.45, 7) is 1.84. The second-order valence-corrected chi connectivity index (χ2v) is 6.25. The molecule has 0 saturated carbocycles. The van der Waals surface area contributed by atoms with Gasteiger partial charge in [0.2, 0.25) is 0 Å². The molecule has 0 amide bonds. The van der Waals surface area contributed by atoms with Crippen LogP contribution >= 0.6 is 11.6 Å². The number of ketones is 1. The third kappa shape index (κ3) is 2.79. The Morgan fingerprint density at radius 1 is 1.35 bits per heavy atom. The van der Waals surface area contributed by atoms with E-state index in [1.54, 1.807) is 12.1 Å². The summed E-state index contributed by atoms with van der Waals surface area (Å²) >= 11 is 6.12. The van der Waals surface area contributed by atoms with Crippen LogP contribution in [0.4, 0.5) is 0 Å². The fourth-order valence-electron chi connectivity index (χ4n) is 3.38. The Morgan fingerprint density at radius 2 is 2.13 bits per heavy atom. The van der Waals surface area contributed by atoms with Crippen LogP contribution in [0.2, 0.25) is 5.02 Å². The molecule has 0 radical (unpaired) electrons. The highest BCUT2D eigenvalue weighted by atomic mass is 35.5. The maximum atomic E-state index is 12.6. The zero-order valence-corrected chi connectivity index (χ0v) is 13.9. The summed E-state index contributed by atoms with van der Waals surface area (Å²) < 4.78 is 4.95. The number of rotatable bonds is 2. The van der Waals surface area contributed by atoms with Gasteiger partial charge < -0.3 is 10.1 Å². The van der Waals surface area contributed by atoms with Gasteiger partial charge in [0.15, 0.2) is 5.78 Å². The van der Waals surface area contributed by atoms with Crippen molar-refractivity contribution in [3.05, 3.63) is 57.4 Å². The predicted octanol–water partition coefficient (Wildman–Crippen LogP) is 3.48. The fraction of sp³-hybridized carbons (Fsp3) is 0.333. The molecule has 1 aliphatic carbocycles. The molecule has 0 fully saturated rings. The van der Waals surface area contributed by atoms with Crippen LogP contribution < -0.4 is 5.32 Å². The van der Waals surface area contributed by atoms with E-state index >= 15 is 0 Å². The number of dihydropyridines is 1. The predicted molar refractivity (Wildman–Crippen MR) is 87.9 cm³/mol. The third-order valence-electron chi connectivity index (χ3n) is 4.36. The van der Waals surface area contributed by atoms with Crippen LogP contribution in [0.25, 0.3) is 0 Å². The molecule has 1 heterocycles. The van der Waals surface area contributed by atoms with Gasteiger partial charge in [-0.25, -0.2) is 4.79 Å². The van der Waals surface area contributed by atoms with Crippen LogP contribution in [0.3, 0.4) is 0 Å². The SMILES string of the molecule is COC(=O)C1=C(C)NC2=C(C(=O)CCC2)[C@H]1c1cccc(Cl)c1. The molecule has 1 aromatic rings. The van der Waals surface area contributed by atoms with Crippen LogP contribution in [0, 0.1) is 0 Å². The van der Waals surface area contributed by atoms with Crippen molar-refractivity contribution in [3.8, 4) is 0 Å². The van der Waals surface area contributed by atoms with Crippen molar-refractivity contribution in [2.24, 2.45) is 0 Å². The first-order chi connectivity index (χ1) is 11.0. The van der Waals surface area contributed by atoms with E-state index in [2.05, 4.69) is 5.32 Å². The van der Waals surface area contributed by atoms with Gasteiger partial charge in [-0.1, -0.05) is 23.7 Å². The lowest BCUT2D eigenvalue weighted by atomic mass is 9.75. The van der Waals surface area contributed by atoms with Gasteiger partial charge in [-0.2, -0.15) is 0 Å². The van der Waals surface area contributed by atoms with Crippen molar-refractivity contribution in [1.29, 1.82) is 0 Å². The lowest BCUT2D eigenvalue weighted by molar-refractivity contribution is -0.136. The molecule has 2 aliphatic rings. The molecule has 0 saturated heterocycles. The summed E-state index contributed by atoms with van der Waals surface area (Å²) in [5, 5.41) is 3.81. The summed E-state index contributed by atoms with van der Waals surface area (Å²) in [5.41, 5.74) is 3.63. The number of allylic oxidation sites excluding steroid dienone is 3. The minimum atomic E-state index is -0.426. The van der Waals surface area contributed by atoms with Gasteiger partial charge in [0.1, 0.15) is 0 Å². The highest BCUT2D eigenvalue weighted by molar-refractivity contribution is 6.30. The van der Waals surface area contributed by atoms with E-state index in [1.807, 2.05) is 19.1 Å². The Kier molecular flexibility index (Phi) is 4.26. The molecular weight excluding hydrogens is 314 g/mol. The smallest absolute Gasteiger partial charge is 0.336 e. The van der Waals surface area contributed by atoms with Crippen LogP contribution in [0.1, 0.15) is 37.7 Å². The third-order valence-corrected chi connectivity index (χ3v) is 4.60. The molecular formula is C18H18ClNO3. The van der Waals surface area contributed by atoms with Crippen LogP contribution in [0.5, 0.6) is 0 Å². The lowest BCUT2D eigenvalue weighted by Gasteiger charge is -2.34. The normalized spacial score (nSPS) is 21.0. The number of benzene rings is 1. The Bertz CT molecular complexity index is 748. The summed E-state index contributed by atoms with van der Waals surface area (Å²) in [4.78, 5) is 24.9. The number of carbonyl (C=O) groups is 2. The number of halogens is 1. The van der Waals surface area contributed by atoms with Crippen LogP contribution in [-0.4, -0.2) is 18.9 Å². The molecule has 1 aromatic carbocycles. The highest BCUT2D eigenvalue weighted by Crippen LogP contribution is 2.42. The van der Waals surface area contributed by atoms with Crippen LogP contribution in [0.15, 0.2) is 46.8 Å². The van der Waals surface area contributed by atoms with E-state index in [0.717, 1.165) is 29.8 Å². The minimum Gasteiger partial charge on any atom is -0.466 e. The second-order valence-electron chi connectivity index (χ2n) is 5.81. The molecule has 0 unspecified atom stereocenters. The molecule has 0 spiro atoms.